The van der Waals surface area contributed by atoms with E-state index in [4.69, 9.17) is 0 Å². The highest BCUT2D eigenvalue weighted by atomic mass is 32.2. The lowest BCUT2D eigenvalue weighted by molar-refractivity contribution is -0.137. The van der Waals surface area contributed by atoms with Gasteiger partial charge in [0.25, 0.3) is 0 Å². The topological polar surface area (TPSA) is 0 Å². The summed E-state index contributed by atoms with van der Waals surface area (Å²) in [7, 11) is 0. The number of alkyl halides is 3. The van der Waals surface area contributed by atoms with Crippen molar-refractivity contribution in [3.05, 3.63) is 65.7 Å². The van der Waals surface area contributed by atoms with E-state index in [2.05, 4.69) is 0 Å². The molecule has 100 valence electrons. The second kappa shape index (κ2) is 6.15. The SMILES string of the molecule is FC(F)(F)c1ccc(CCSc2ccccc2)cc1. The third-order valence-electron chi connectivity index (χ3n) is 2.68. The normalized spacial score (nSPS) is 11.5. The van der Waals surface area contributed by atoms with Gasteiger partial charge in [-0.25, -0.2) is 0 Å². The molecular weight excluding hydrogens is 269 g/mol. The molecule has 0 amide bonds. The van der Waals surface area contributed by atoms with Crippen LogP contribution < -0.4 is 0 Å². The minimum atomic E-state index is -4.25. The Morgan fingerprint density at radius 1 is 0.842 bits per heavy atom. The first kappa shape index (κ1) is 14.0. The van der Waals surface area contributed by atoms with Crippen molar-refractivity contribution in [2.24, 2.45) is 0 Å². The molecule has 0 spiro atoms. The Bertz CT molecular complexity index is 503. The number of benzene rings is 2. The quantitative estimate of drug-likeness (QED) is 0.708. The third-order valence-corrected chi connectivity index (χ3v) is 3.70. The van der Waals surface area contributed by atoms with E-state index in [1.165, 1.54) is 4.90 Å². The number of halogens is 3. The lowest BCUT2D eigenvalue weighted by Crippen LogP contribution is -2.04. The smallest absolute Gasteiger partial charge is 0.166 e. The van der Waals surface area contributed by atoms with Crippen molar-refractivity contribution in [3.8, 4) is 0 Å². The van der Waals surface area contributed by atoms with Crippen LogP contribution in [-0.4, -0.2) is 5.75 Å². The van der Waals surface area contributed by atoms with Crippen molar-refractivity contribution in [3.63, 3.8) is 0 Å². The van der Waals surface area contributed by atoms with Crippen LogP contribution in [0.2, 0.25) is 0 Å². The van der Waals surface area contributed by atoms with Crippen molar-refractivity contribution in [1.29, 1.82) is 0 Å². The van der Waals surface area contributed by atoms with Crippen LogP contribution in [0.4, 0.5) is 13.2 Å². The van der Waals surface area contributed by atoms with Gasteiger partial charge >= 0.3 is 6.18 Å². The van der Waals surface area contributed by atoms with Crippen LogP contribution in [0, 0.1) is 0 Å². The van der Waals surface area contributed by atoms with Crippen LogP contribution in [0.15, 0.2) is 59.5 Å². The Morgan fingerprint density at radius 2 is 1.47 bits per heavy atom. The fourth-order valence-corrected chi connectivity index (χ4v) is 2.59. The molecule has 0 aliphatic carbocycles. The first-order chi connectivity index (χ1) is 9.05. The Balaban J connectivity index is 1.87. The van der Waals surface area contributed by atoms with E-state index in [-0.39, 0.29) is 0 Å². The zero-order valence-corrected chi connectivity index (χ0v) is 11.0. The zero-order valence-electron chi connectivity index (χ0n) is 10.2. The standard InChI is InChI=1S/C15H13F3S/c16-15(17,18)13-8-6-12(7-9-13)10-11-19-14-4-2-1-3-5-14/h1-9H,10-11H2. The van der Waals surface area contributed by atoms with Gasteiger partial charge in [0.2, 0.25) is 0 Å². The lowest BCUT2D eigenvalue weighted by atomic mass is 10.1. The summed E-state index contributed by atoms with van der Waals surface area (Å²) in [6, 6.07) is 15.3. The molecule has 0 N–H and O–H groups in total. The number of aryl methyl sites for hydroxylation is 1. The molecule has 0 unspecified atom stereocenters. The van der Waals surface area contributed by atoms with E-state index in [0.717, 1.165) is 29.9 Å². The molecule has 0 radical (unpaired) electrons. The molecule has 0 atom stereocenters. The highest BCUT2D eigenvalue weighted by Gasteiger charge is 2.29. The van der Waals surface area contributed by atoms with Gasteiger partial charge in [0.05, 0.1) is 5.56 Å². The van der Waals surface area contributed by atoms with Gasteiger partial charge in [-0.3, -0.25) is 0 Å². The predicted octanol–water partition coefficient (Wildman–Crippen LogP) is 5.04. The number of hydrogen-bond donors (Lipinski definition) is 0. The van der Waals surface area contributed by atoms with E-state index in [1.807, 2.05) is 30.3 Å². The average Bonchev–Trinajstić information content (AvgIpc) is 2.39. The summed E-state index contributed by atoms with van der Waals surface area (Å²) in [5.74, 6) is 0.857. The number of rotatable bonds is 4. The monoisotopic (exact) mass is 282 g/mol. The zero-order chi connectivity index (χ0) is 13.7. The molecule has 0 bridgehead atoms. The van der Waals surface area contributed by atoms with Gasteiger partial charge in [0.15, 0.2) is 0 Å². The second-order valence-corrected chi connectivity index (χ2v) is 5.27. The van der Waals surface area contributed by atoms with Crippen LogP contribution in [0.1, 0.15) is 11.1 Å². The molecule has 0 aliphatic heterocycles. The number of hydrogen-bond acceptors (Lipinski definition) is 1. The largest absolute Gasteiger partial charge is 0.416 e. The van der Waals surface area contributed by atoms with Crippen LogP contribution >= 0.6 is 11.8 Å². The Kier molecular flexibility index (Phi) is 4.53. The second-order valence-electron chi connectivity index (χ2n) is 4.11. The van der Waals surface area contributed by atoms with Gasteiger partial charge in [-0.15, -0.1) is 11.8 Å². The van der Waals surface area contributed by atoms with Gasteiger partial charge < -0.3 is 0 Å². The molecule has 0 fully saturated rings. The van der Waals surface area contributed by atoms with Crippen molar-refractivity contribution in [2.45, 2.75) is 17.5 Å². The summed E-state index contributed by atoms with van der Waals surface area (Å²) in [4.78, 5) is 1.18. The van der Waals surface area contributed by atoms with Crippen LogP contribution in [0.5, 0.6) is 0 Å². The van der Waals surface area contributed by atoms with E-state index >= 15 is 0 Å². The van der Waals surface area contributed by atoms with Gasteiger partial charge in [-0.2, -0.15) is 13.2 Å². The van der Waals surface area contributed by atoms with Crippen molar-refractivity contribution >= 4 is 11.8 Å². The Labute approximate surface area is 114 Å². The van der Waals surface area contributed by atoms with Gasteiger partial charge in [-0.05, 0) is 36.2 Å². The van der Waals surface area contributed by atoms with Crippen molar-refractivity contribution < 1.29 is 13.2 Å². The maximum absolute atomic E-state index is 12.4. The maximum atomic E-state index is 12.4. The van der Waals surface area contributed by atoms with Gasteiger partial charge in [0.1, 0.15) is 0 Å². The van der Waals surface area contributed by atoms with Crippen molar-refractivity contribution in [2.75, 3.05) is 5.75 Å². The molecular formula is C15H13F3S. The maximum Gasteiger partial charge on any atom is 0.416 e. The summed E-state index contributed by atoms with van der Waals surface area (Å²) >= 11 is 1.70. The van der Waals surface area contributed by atoms with E-state index in [1.54, 1.807) is 23.9 Å². The molecule has 0 aromatic heterocycles. The number of thioether (sulfide) groups is 1. The molecule has 2 aromatic carbocycles. The highest BCUT2D eigenvalue weighted by molar-refractivity contribution is 7.99. The molecule has 0 saturated heterocycles. The first-order valence-electron chi connectivity index (χ1n) is 5.90. The average molecular weight is 282 g/mol. The summed E-state index contributed by atoms with van der Waals surface area (Å²) < 4.78 is 37.2. The molecule has 2 aromatic rings. The minimum Gasteiger partial charge on any atom is -0.166 e. The Morgan fingerprint density at radius 3 is 2.05 bits per heavy atom. The summed E-state index contributed by atoms with van der Waals surface area (Å²) in [5.41, 5.74) is 0.336. The summed E-state index contributed by atoms with van der Waals surface area (Å²) in [6.45, 7) is 0. The molecule has 19 heavy (non-hydrogen) atoms. The van der Waals surface area contributed by atoms with E-state index in [0.29, 0.717) is 0 Å². The van der Waals surface area contributed by atoms with Crippen LogP contribution in [0.25, 0.3) is 0 Å². The minimum absolute atomic E-state index is 0.591. The summed E-state index contributed by atoms with van der Waals surface area (Å²) in [5, 5.41) is 0. The van der Waals surface area contributed by atoms with E-state index in [9.17, 15) is 13.2 Å². The fourth-order valence-electron chi connectivity index (χ4n) is 1.66. The molecule has 2 rings (SSSR count). The molecule has 0 nitrogen and oxygen atoms in total. The molecule has 4 heteroatoms. The highest BCUT2D eigenvalue weighted by Crippen LogP contribution is 2.29. The first-order valence-corrected chi connectivity index (χ1v) is 6.88. The third kappa shape index (κ3) is 4.31. The molecule has 0 saturated carbocycles. The predicted molar refractivity (Wildman–Crippen MR) is 72.3 cm³/mol. The van der Waals surface area contributed by atoms with Gasteiger partial charge in [-0.1, -0.05) is 30.3 Å². The fraction of sp³-hybridized carbons (Fsp3) is 0.200. The van der Waals surface area contributed by atoms with E-state index < -0.39 is 11.7 Å². The van der Waals surface area contributed by atoms with Crippen molar-refractivity contribution in [1.82, 2.24) is 0 Å². The van der Waals surface area contributed by atoms with Crippen LogP contribution in [0.3, 0.4) is 0 Å². The van der Waals surface area contributed by atoms with Gasteiger partial charge in [0, 0.05) is 10.6 Å². The Hall–Kier alpha value is -1.42. The lowest BCUT2D eigenvalue weighted by Gasteiger charge is -2.07. The summed E-state index contributed by atoms with van der Waals surface area (Å²) in [6.07, 6.45) is -3.49. The van der Waals surface area contributed by atoms with Crippen LogP contribution in [-0.2, 0) is 12.6 Å². The molecule has 0 heterocycles. The molecule has 0 aliphatic rings.